The SMILES string of the molecule is C=C.CC(=O)O.CC(=O)O.CC(=O)O.CC(=O)O.N.N.[MgH2].[NaH].[NaH]. The molecule has 23 heavy (non-hydrogen) atoms. The molecule has 0 saturated heterocycles. The molecule has 0 aromatic heterocycles. The Labute approximate surface area is 197 Å². The topological polar surface area (TPSA) is 219 Å². The van der Waals surface area contributed by atoms with Gasteiger partial charge in [0.05, 0.1) is 0 Å². The monoisotopic (exact) mass is 376 g/mol. The van der Waals surface area contributed by atoms with Crippen molar-refractivity contribution in [3.8, 4) is 0 Å². The Morgan fingerprint density at radius 3 is 0.565 bits per heavy atom. The maximum atomic E-state index is 9.00. The second-order valence-electron chi connectivity index (χ2n) is 2.08. The summed E-state index contributed by atoms with van der Waals surface area (Å²) in [6.45, 7) is 10.3. The summed E-state index contributed by atoms with van der Waals surface area (Å²) in [7, 11) is 0. The van der Waals surface area contributed by atoms with Crippen LogP contribution < -0.4 is 12.3 Å². The van der Waals surface area contributed by atoms with Gasteiger partial charge in [-0.2, -0.15) is 0 Å². The summed E-state index contributed by atoms with van der Waals surface area (Å²) >= 11 is 0. The number of hydrogen-bond acceptors (Lipinski definition) is 6. The summed E-state index contributed by atoms with van der Waals surface area (Å²) in [6, 6.07) is 0. The van der Waals surface area contributed by atoms with E-state index >= 15 is 0 Å². The second kappa shape index (κ2) is 66.9. The molecule has 132 valence electrons. The number of carboxylic acid groups (broad SMARTS) is 4. The first kappa shape index (κ1) is 65.5. The summed E-state index contributed by atoms with van der Waals surface area (Å²) in [6.07, 6.45) is 0. The van der Waals surface area contributed by atoms with Gasteiger partial charge >= 0.3 is 82.2 Å². The van der Waals surface area contributed by atoms with Gasteiger partial charge in [-0.05, 0) is 0 Å². The summed E-state index contributed by atoms with van der Waals surface area (Å²) in [5.41, 5.74) is 0. The van der Waals surface area contributed by atoms with Gasteiger partial charge in [0.15, 0.2) is 0 Å². The molecule has 13 heteroatoms. The standard InChI is InChI=1S/4C2H4O2.C2H4.Mg.2H3N.2Na.4H/c4*1-2(3)4;1-2;;;;;;;;;/h4*1H3,(H,3,4);1-2H2;;2*1H3;;;;;;. The molecule has 0 rings (SSSR count). The molecule has 10 N–H and O–H groups in total. The first-order valence-corrected chi connectivity index (χ1v) is 4.21. The minimum absolute atomic E-state index is 0. The molecule has 0 saturated carbocycles. The van der Waals surface area contributed by atoms with E-state index in [0.29, 0.717) is 0 Å². The second-order valence-corrected chi connectivity index (χ2v) is 2.08. The maximum absolute atomic E-state index is 9.00. The summed E-state index contributed by atoms with van der Waals surface area (Å²) in [5, 5.41) is 29.7. The average molecular weight is 377 g/mol. The summed E-state index contributed by atoms with van der Waals surface area (Å²) in [4.78, 5) is 36.0. The Bertz CT molecular complexity index is 195. The van der Waals surface area contributed by atoms with Gasteiger partial charge in [0.2, 0.25) is 0 Å². The third-order valence-electron chi connectivity index (χ3n) is 0. The predicted molar refractivity (Wildman–Crippen MR) is 97.4 cm³/mol. The van der Waals surface area contributed by atoms with Crippen molar-refractivity contribution in [1.82, 2.24) is 12.3 Å². The van der Waals surface area contributed by atoms with Crippen molar-refractivity contribution in [2.75, 3.05) is 0 Å². The van der Waals surface area contributed by atoms with Gasteiger partial charge in [-0.15, -0.1) is 13.2 Å². The molecule has 0 heterocycles. The molecule has 0 aromatic rings. The van der Waals surface area contributed by atoms with Crippen molar-refractivity contribution >= 4 is 106 Å². The van der Waals surface area contributed by atoms with E-state index in [-0.39, 0.29) is 94.5 Å². The quantitative estimate of drug-likeness (QED) is 0.230. The van der Waals surface area contributed by atoms with Crippen LogP contribution in [0.1, 0.15) is 27.7 Å². The van der Waals surface area contributed by atoms with Crippen LogP contribution in [0.25, 0.3) is 0 Å². The zero-order chi connectivity index (χ0) is 16.3. The Balaban J connectivity index is -0.0000000110. The molecule has 0 atom stereocenters. The van der Waals surface area contributed by atoms with Crippen molar-refractivity contribution in [3.05, 3.63) is 13.2 Å². The van der Waals surface area contributed by atoms with Crippen LogP contribution in [0.4, 0.5) is 0 Å². The van der Waals surface area contributed by atoms with E-state index < -0.39 is 23.9 Å². The van der Waals surface area contributed by atoms with Gasteiger partial charge in [-0.3, -0.25) is 19.2 Å². The third-order valence-corrected chi connectivity index (χ3v) is 0. The van der Waals surface area contributed by atoms with Crippen LogP contribution in [0, 0.1) is 0 Å². The van der Waals surface area contributed by atoms with Crippen molar-refractivity contribution in [2.45, 2.75) is 27.7 Å². The van der Waals surface area contributed by atoms with Crippen LogP contribution in [0.2, 0.25) is 0 Å². The predicted octanol–water partition coefficient (Wildman–Crippen LogP) is -0.723. The van der Waals surface area contributed by atoms with E-state index in [1.54, 1.807) is 0 Å². The molecule has 0 aliphatic heterocycles. The Hall–Kier alpha value is 0.306. The van der Waals surface area contributed by atoms with E-state index in [2.05, 4.69) is 13.2 Å². The van der Waals surface area contributed by atoms with Crippen molar-refractivity contribution in [1.29, 1.82) is 0 Å². The summed E-state index contributed by atoms with van der Waals surface area (Å²) in [5.74, 6) is -3.33. The van der Waals surface area contributed by atoms with Crippen LogP contribution in [-0.4, -0.2) is 126 Å². The van der Waals surface area contributed by atoms with Crippen LogP contribution in [0.5, 0.6) is 0 Å². The van der Waals surface area contributed by atoms with Crippen LogP contribution in [0.15, 0.2) is 13.2 Å². The van der Waals surface area contributed by atoms with Crippen LogP contribution in [-0.2, 0) is 19.2 Å². The van der Waals surface area contributed by atoms with E-state index in [9.17, 15) is 0 Å². The van der Waals surface area contributed by atoms with Crippen molar-refractivity contribution in [2.24, 2.45) is 0 Å². The third kappa shape index (κ3) is 98100. The average Bonchev–Trinajstić information content (AvgIpc) is 2.01. The molecular weight excluding hydrogens is 346 g/mol. The van der Waals surface area contributed by atoms with Gasteiger partial charge in [0.1, 0.15) is 0 Å². The Kier molecular flexibility index (Phi) is 190. The van der Waals surface area contributed by atoms with E-state index in [4.69, 9.17) is 39.6 Å². The number of aliphatic carboxylic acids is 4. The molecule has 0 aliphatic rings. The molecule has 0 fully saturated rings. The molecule has 10 nitrogen and oxygen atoms in total. The van der Waals surface area contributed by atoms with Gasteiger partial charge in [-0.1, -0.05) is 0 Å². The van der Waals surface area contributed by atoms with Crippen molar-refractivity contribution in [3.63, 3.8) is 0 Å². The normalized spacial score (nSPS) is 4.52. The molecule has 0 aliphatic carbocycles. The number of hydrogen-bond donors (Lipinski definition) is 6. The Morgan fingerprint density at radius 2 is 0.565 bits per heavy atom. The fourth-order valence-electron chi connectivity index (χ4n) is 0. The van der Waals surface area contributed by atoms with Gasteiger partial charge in [0, 0.05) is 27.7 Å². The zero-order valence-electron chi connectivity index (χ0n) is 12.3. The number of carbonyl (C=O) groups is 4. The molecule has 0 spiro atoms. The van der Waals surface area contributed by atoms with E-state index in [0.717, 1.165) is 27.7 Å². The molecule has 0 aromatic carbocycles. The number of rotatable bonds is 0. The van der Waals surface area contributed by atoms with Crippen LogP contribution in [0.3, 0.4) is 0 Å². The Morgan fingerprint density at radius 1 is 0.565 bits per heavy atom. The van der Waals surface area contributed by atoms with Crippen molar-refractivity contribution < 1.29 is 39.6 Å². The van der Waals surface area contributed by atoms with Gasteiger partial charge < -0.3 is 32.7 Å². The minimum atomic E-state index is -0.833. The zero-order valence-corrected chi connectivity index (χ0v) is 12.3. The van der Waals surface area contributed by atoms with Crippen LogP contribution >= 0.6 is 0 Å². The molecular formula is C10H30MgN2Na2O8. The molecule has 0 amide bonds. The van der Waals surface area contributed by atoms with E-state index in [1.807, 2.05) is 0 Å². The number of carboxylic acids is 4. The van der Waals surface area contributed by atoms with E-state index in [1.165, 1.54) is 0 Å². The molecule has 0 radical (unpaired) electrons. The van der Waals surface area contributed by atoms with Gasteiger partial charge in [0.25, 0.3) is 23.9 Å². The fraction of sp³-hybridized carbons (Fsp3) is 0.400. The van der Waals surface area contributed by atoms with Gasteiger partial charge in [-0.25, -0.2) is 0 Å². The molecule has 0 bridgehead atoms. The first-order chi connectivity index (χ1) is 7.93. The molecule has 0 unspecified atom stereocenters. The summed E-state index contributed by atoms with van der Waals surface area (Å²) < 4.78 is 0. The fourth-order valence-corrected chi connectivity index (χ4v) is 0. The first-order valence-electron chi connectivity index (χ1n) is 4.21.